The third kappa shape index (κ3) is 6.39. The zero-order valence-electron chi connectivity index (χ0n) is 38.1. The summed E-state index contributed by atoms with van der Waals surface area (Å²) < 4.78 is 8.61. The first-order chi connectivity index (χ1) is 35.5. The highest BCUT2D eigenvalue weighted by Crippen LogP contribution is 2.38. The van der Waals surface area contributed by atoms with Crippen molar-refractivity contribution >= 4 is 92.9 Å². The van der Waals surface area contributed by atoms with Gasteiger partial charge in [-0.3, -0.25) is 18.3 Å². The average molecular weight is 919 g/mol. The van der Waals surface area contributed by atoms with E-state index in [-0.39, 0.29) is 0 Å². The van der Waals surface area contributed by atoms with E-state index >= 15 is 0 Å². The van der Waals surface area contributed by atoms with E-state index in [1.165, 1.54) is 10.8 Å². The van der Waals surface area contributed by atoms with E-state index in [4.69, 9.17) is 16.5 Å². The molecule has 0 aliphatic carbocycles. The summed E-state index contributed by atoms with van der Waals surface area (Å²) in [6, 6.07) is 74.9. The monoisotopic (exact) mass is 918 g/mol. The van der Waals surface area contributed by atoms with Crippen LogP contribution in [0.15, 0.2) is 206 Å². The van der Waals surface area contributed by atoms with E-state index in [9.17, 15) is 15.8 Å². The van der Waals surface area contributed by atoms with Crippen molar-refractivity contribution in [1.82, 2.24) is 28.2 Å². The molecular weight excluding hydrogens is 885 g/mol. The van der Waals surface area contributed by atoms with Gasteiger partial charge in [0.2, 0.25) is 0 Å². The Balaban J connectivity index is 0.000000140. The molecule has 8 aromatic carbocycles. The maximum atomic E-state index is 9.48. The van der Waals surface area contributed by atoms with Crippen LogP contribution in [0.2, 0.25) is 0 Å². The first-order valence-corrected chi connectivity index (χ1v) is 23.2. The molecule has 6 heterocycles. The summed E-state index contributed by atoms with van der Waals surface area (Å²) in [6.45, 7) is 7.45. The van der Waals surface area contributed by atoms with Gasteiger partial charge in [0.15, 0.2) is 5.69 Å². The van der Waals surface area contributed by atoms with Gasteiger partial charge in [0.1, 0.15) is 23.3 Å². The van der Waals surface area contributed by atoms with E-state index < -0.39 is 0 Å². The largest absolute Gasteiger partial charge is 0.294 e. The van der Waals surface area contributed by atoms with Crippen LogP contribution in [0.1, 0.15) is 16.7 Å². The molecule has 0 saturated heterocycles. The highest BCUT2D eigenvalue weighted by Gasteiger charge is 2.19. The molecule has 0 aliphatic heterocycles. The summed E-state index contributed by atoms with van der Waals surface area (Å²) in [5.41, 5.74) is 10.6. The maximum absolute atomic E-state index is 9.48. The van der Waals surface area contributed by atoms with Crippen LogP contribution < -0.4 is 0 Å². The predicted octanol–water partition coefficient (Wildman–Crippen LogP) is 14.7. The lowest BCUT2D eigenvalue weighted by Gasteiger charge is -2.11. The second-order valence-corrected chi connectivity index (χ2v) is 17.5. The summed E-state index contributed by atoms with van der Waals surface area (Å²) in [5.74, 6) is 3.19. The number of nitrogens with zero attached hydrogens (tertiary/aromatic N) is 10. The SMILES string of the molecule is N#Cc1ccc2c(c1)c1cc(C#N)ccc1n2-c1cccc(-n2c3ccccc3c3ccccc32)n1.[C-]#[N+]c1ccc2c(c1)c1ccccc1n2-c1cccc(-n2c3ccccc3c3cc(C#N)ccc32)n1. The summed E-state index contributed by atoms with van der Waals surface area (Å²) >= 11 is 0. The maximum Gasteiger partial charge on any atom is 0.188 e. The van der Waals surface area contributed by atoms with Crippen molar-refractivity contribution in [2.45, 2.75) is 0 Å². The molecule has 0 atom stereocenters. The van der Waals surface area contributed by atoms with Crippen molar-refractivity contribution in [2.75, 3.05) is 0 Å². The Morgan fingerprint density at radius 1 is 0.306 bits per heavy atom. The van der Waals surface area contributed by atoms with Gasteiger partial charge in [-0.2, -0.15) is 15.8 Å². The van der Waals surface area contributed by atoms with E-state index in [0.717, 1.165) is 99.7 Å². The van der Waals surface area contributed by atoms with E-state index in [1.54, 1.807) is 0 Å². The van der Waals surface area contributed by atoms with Crippen LogP contribution >= 0.6 is 0 Å². The third-order valence-corrected chi connectivity index (χ3v) is 13.5. The molecular formula is C62H34N10. The molecule has 0 unspecified atom stereocenters. The number of fused-ring (bicyclic) bond motifs is 12. The molecule has 0 fully saturated rings. The van der Waals surface area contributed by atoms with E-state index in [2.05, 4.69) is 102 Å². The number of aromatic nitrogens is 6. The molecule has 0 aliphatic rings. The molecule has 0 spiro atoms. The summed E-state index contributed by atoms with van der Waals surface area (Å²) in [4.78, 5) is 13.9. The van der Waals surface area contributed by atoms with Crippen molar-refractivity contribution in [3.63, 3.8) is 0 Å². The minimum absolute atomic E-state index is 0.580. The number of pyridine rings is 2. The lowest BCUT2D eigenvalue weighted by molar-refractivity contribution is 1.01. The van der Waals surface area contributed by atoms with Crippen molar-refractivity contribution in [1.29, 1.82) is 15.8 Å². The molecule has 0 saturated carbocycles. The predicted molar refractivity (Wildman–Crippen MR) is 286 cm³/mol. The lowest BCUT2D eigenvalue weighted by Crippen LogP contribution is -2.03. The van der Waals surface area contributed by atoms with Crippen LogP contribution in [0.5, 0.6) is 0 Å². The van der Waals surface area contributed by atoms with Crippen LogP contribution in [0.4, 0.5) is 5.69 Å². The van der Waals surface area contributed by atoms with Crippen LogP contribution in [0, 0.1) is 40.6 Å². The van der Waals surface area contributed by atoms with Gasteiger partial charge in [0, 0.05) is 37.7 Å². The molecule has 10 nitrogen and oxygen atoms in total. The van der Waals surface area contributed by atoms with Gasteiger partial charge in [0.05, 0.1) is 85.6 Å². The van der Waals surface area contributed by atoms with Crippen molar-refractivity contribution < 1.29 is 0 Å². The van der Waals surface area contributed by atoms with Gasteiger partial charge in [0.25, 0.3) is 0 Å². The summed E-state index contributed by atoms with van der Waals surface area (Å²) in [6.07, 6.45) is 0. The van der Waals surface area contributed by atoms with Crippen molar-refractivity contribution in [3.05, 3.63) is 234 Å². The van der Waals surface area contributed by atoms with Gasteiger partial charge in [-0.05, 0) is 121 Å². The molecule has 0 bridgehead atoms. The van der Waals surface area contributed by atoms with Crippen molar-refractivity contribution in [2.24, 2.45) is 0 Å². The molecule has 332 valence electrons. The normalized spacial score (nSPS) is 11.3. The minimum Gasteiger partial charge on any atom is -0.294 e. The molecule has 10 heteroatoms. The lowest BCUT2D eigenvalue weighted by atomic mass is 10.1. The van der Waals surface area contributed by atoms with E-state index in [1.807, 2.05) is 146 Å². The van der Waals surface area contributed by atoms with Crippen molar-refractivity contribution in [3.8, 4) is 41.5 Å². The standard InChI is InChI=1S/2C31H17N5/c1-33-21-14-16-29-25(18-21)23-8-3-5-10-27(23)36(29)31-12-6-11-30(34-31)35-26-9-4-2-7-22(26)24-17-20(19-32)13-15-28(24)35;32-18-20-12-14-28-24(16-20)25-17-21(19-33)13-15-29(25)36(28)31-11-5-10-30(34-31)35-26-8-3-1-6-22(26)23-7-2-4-9-27(23)35/h2-18H;1-17H. The number of nitriles is 3. The smallest absolute Gasteiger partial charge is 0.188 e. The number of hydrogen-bond donors (Lipinski definition) is 0. The quantitative estimate of drug-likeness (QED) is 0.163. The molecule has 72 heavy (non-hydrogen) atoms. The summed E-state index contributed by atoms with van der Waals surface area (Å²) in [5, 5.41) is 36.9. The fraction of sp³-hybridized carbons (Fsp3) is 0. The summed E-state index contributed by atoms with van der Waals surface area (Å²) in [7, 11) is 0. The number of para-hydroxylation sites is 4. The van der Waals surface area contributed by atoms with Gasteiger partial charge in [-0.15, -0.1) is 0 Å². The molecule has 14 aromatic rings. The fourth-order valence-electron chi connectivity index (χ4n) is 10.5. The number of hydrogen-bond acceptors (Lipinski definition) is 5. The van der Waals surface area contributed by atoms with Gasteiger partial charge < -0.3 is 0 Å². The molecule has 0 N–H and O–H groups in total. The van der Waals surface area contributed by atoms with E-state index in [0.29, 0.717) is 22.4 Å². The Labute approximate surface area is 411 Å². The third-order valence-electron chi connectivity index (χ3n) is 13.5. The molecule has 0 radical (unpaired) electrons. The number of rotatable bonds is 4. The first-order valence-electron chi connectivity index (χ1n) is 23.2. The highest BCUT2D eigenvalue weighted by atomic mass is 15.1. The number of benzene rings is 8. The Morgan fingerprint density at radius 3 is 0.917 bits per heavy atom. The molecule has 14 rings (SSSR count). The first kappa shape index (κ1) is 41.4. The zero-order valence-corrected chi connectivity index (χ0v) is 38.1. The highest BCUT2D eigenvalue weighted by molar-refractivity contribution is 6.13. The van der Waals surface area contributed by atoms with Gasteiger partial charge in [-0.25, -0.2) is 14.8 Å². The molecule has 6 aromatic heterocycles. The Hall–Kier alpha value is -10.8. The van der Waals surface area contributed by atoms with Crippen LogP contribution in [-0.2, 0) is 0 Å². The zero-order chi connectivity index (χ0) is 48.5. The topological polar surface area (TPSA) is 121 Å². The average Bonchev–Trinajstić information content (AvgIpc) is 4.17. The Morgan fingerprint density at radius 2 is 0.583 bits per heavy atom. The Bertz CT molecular complexity index is 4490. The van der Waals surface area contributed by atoms with Crippen LogP contribution in [-0.4, -0.2) is 28.2 Å². The van der Waals surface area contributed by atoms with Crippen LogP contribution in [0.3, 0.4) is 0 Å². The second kappa shape index (κ2) is 16.5. The fourth-order valence-corrected chi connectivity index (χ4v) is 10.5. The minimum atomic E-state index is 0.580. The second-order valence-electron chi connectivity index (χ2n) is 17.5. The Kier molecular flexibility index (Phi) is 9.48. The molecule has 0 amide bonds. The van der Waals surface area contributed by atoms with Gasteiger partial charge in [-0.1, -0.05) is 91.0 Å². The van der Waals surface area contributed by atoms with Crippen LogP contribution in [0.25, 0.3) is 115 Å². The van der Waals surface area contributed by atoms with Gasteiger partial charge >= 0.3 is 0 Å².